The third-order valence-corrected chi connectivity index (χ3v) is 13.4. The lowest BCUT2D eigenvalue weighted by molar-refractivity contribution is 0.769. The summed E-state index contributed by atoms with van der Waals surface area (Å²) in [6.07, 6.45) is 0. The molecule has 0 fully saturated rings. The average molecular weight is 760 g/mol. The lowest BCUT2D eigenvalue weighted by Crippen LogP contribution is -2.28. The Morgan fingerprint density at radius 1 is 0.300 bits per heavy atom. The van der Waals surface area contributed by atoms with E-state index in [0.29, 0.717) is 0 Å². The van der Waals surface area contributed by atoms with Crippen molar-refractivity contribution < 1.29 is 0 Å². The molecule has 1 heteroatoms. The van der Waals surface area contributed by atoms with E-state index < -0.39 is 5.41 Å². The van der Waals surface area contributed by atoms with Crippen LogP contribution in [0.1, 0.15) is 22.3 Å². The Kier molecular flexibility index (Phi) is 7.00. The van der Waals surface area contributed by atoms with E-state index in [2.05, 4.69) is 229 Å². The Morgan fingerprint density at radius 3 is 1.48 bits per heavy atom. The zero-order valence-corrected chi connectivity index (χ0v) is 32.8. The molecular formula is C59H37N. The van der Waals surface area contributed by atoms with E-state index in [9.17, 15) is 0 Å². The number of hydrogen-bond donors (Lipinski definition) is 0. The highest BCUT2D eigenvalue weighted by Gasteiger charge is 2.46. The van der Waals surface area contributed by atoms with Gasteiger partial charge in [-0.05, 0) is 118 Å². The first-order valence-corrected chi connectivity index (χ1v) is 20.9. The summed E-state index contributed by atoms with van der Waals surface area (Å²) in [6, 6.07) is 83.5. The fourth-order valence-electron chi connectivity index (χ4n) is 10.9. The summed E-state index contributed by atoms with van der Waals surface area (Å²) in [5.41, 5.74) is 15.9. The summed E-state index contributed by atoms with van der Waals surface area (Å²) in [6.45, 7) is 0. The third kappa shape index (κ3) is 4.52. The minimum absolute atomic E-state index is 0.447. The molecule has 0 saturated carbocycles. The van der Waals surface area contributed by atoms with Gasteiger partial charge in [0.15, 0.2) is 0 Å². The molecule has 1 aromatic heterocycles. The fourth-order valence-corrected chi connectivity index (χ4v) is 10.9. The Balaban J connectivity index is 1.00. The molecule has 0 atom stereocenters. The SMILES string of the molecule is c1ccc(-c2ccc3ccc4c(-c5ccc(-n6c7ccccc7c7cc8c(cc76)-c6ccccc6C8(c6ccccc6)c6ccccc6)cc5)ccc5ccc2c3c54)cc1. The molecule has 13 rings (SSSR count). The normalized spacial score (nSPS) is 13.1. The lowest BCUT2D eigenvalue weighted by atomic mass is 9.67. The van der Waals surface area contributed by atoms with Crippen LogP contribution in [0.2, 0.25) is 0 Å². The Morgan fingerprint density at radius 2 is 0.833 bits per heavy atom. The van der Waals surface area contributed by atoms with Crippen LogP contribution in [0.25, 0.3) is 93.2 Å². The minimum atomic E-state index is -0.447. The molecule has 0 radical (unpaired) electrons. The second kappa shape index (κ2) is 12.6. The molecule has 0 amide bonds. The van der Waals surface area contributed by atoms with E-state index in [-0.39, 0.29) is 0 Å². The first-order valence-electron chi connectivity index (χ1n) is 20.9. The topological polar surface area (TPSA) is 4.93 Å². The van der Waals surface area contributed by atoms with E-state index >= 15 is 0 Å². The maximum absolute atomic E-state index is 2.51. The molecule has 60 heavy (non-hydrogen) atoms. The smallest absolute Gasteiger partial charge is 0.0713 e. The van der Waals surface area contributed by atoms with Gasteiger partial charge >= 0.3 is 0 Å². The van der Waals surface area contributed by atoms with Crippen LogP contribution in [-0.4, -0.2) is 4.57 Å². The quantitative estimate of drug-likeness (QED) is 0.154. The number of benzene rings is 11. The maximum atomic E-state index is 2.51. The van der Waals surface area contributed by atoms with Gasteiger partial charge in [-0.25, -0.2) is 0 Å². The highest BCUT2D eigenvalue weighted by atomic mass is 15.0. The summed E-state index contributed by atoms with van der Waals surface area (Å²) in [5.74, 6) is 0. The molecule has 278 valence electrons. The molecule has 0 saturated heterocycles. The van der Waals surface area contributed by atoms with Crippen molar-refractivity contribution in [1.29, 1.82) is 0 Å². The van der Waals surface area contributed by atoms with Gasteiger partial charge in [0.05, 0.1) is 16.4 Å². The largest absolute Gasteiger partial charge is 0.309 e. The van der Waals surface area contributed by atoms with Gasteiger partial charge in [0.1, 0.15) is 0 Å². The molecule has 1 aliphatic carbocycles. The number of hydrogen-bond acceptors (Lipinski definition) is 0. The van der Waals surface area contributed by atoms with E-state index in [4.69, 9.17) is 0 Å². The van der Waals surface area contributed by atoms with Crippen molar-refractivity contribution in [2.24, 2.45) is 0 Å². The van der Waals surface area contributed by atoms with Gasteiger partial charge in [-0.3, -0.25) is 0 Å². The van der Waals surface area contributed by atoms with Gasteiger partial charge < -0.3 is 4.57 Å². The lowest BCUT2D eigenvalue weighted by Gasteiger charge is -2.33. The van der Waals surface area contributed by atoms with E-state index in [1.54, 1.807) is 0 Å². The number of rotatable bonds is 5. The van der Waals surface area contributed by atoms with E-state index in [1.165, 1.54) is 110 Å². The molecule has 1 heterocycles. The van der Waals surface area contributed by atoms with Crippen LogP contribution in [0.5, 0.6) is 0 Å². The van der Waals surface area contributed by atoms with Crippen molar-refractivity contribution in [3.05, 3.63) is 247 Å². The summed E-state index contributed by atoms with van der Waals surface area (Å²) >= 11 is 0. The fraction of sp³-hybridized carbons (Fsp3) is 0.0169. The number of fused-ring (bicyclic) bond motifs is 6. The van der Waals surface area contributed by atoms with E-state index in [1.807, 2.05) is 0 Å². The minimum Gasteiger partial charge on any atom is -0.309 e. The molecule has 0 spiro atoms. The Bertz CT molecular complexity index is 3580. The monoisotopic (exact) mass is 759 g/mol. The van der Waals surface area contributed by atoms with Gasteiger partial charge in [0.2, 0.25) is 0 Å². The van der Waals surface area contributed by atoms with Crippen molar-refractivity contribution >= 4 is 54.1 Å². The van der Waals surface area contributed by atoms with Crippen LogP contribution in [0, 0.1) is 0 Å². The van der Waals surface area contributed by atoms with Crippen LogP contribution >= 0.6 is 0 Å². The molecule has 1 nitrogen and oxygen atoms in total. The predicted molar refractivity (Wildman–Crippen MR) is 253 cm³/mol. The molecule has 11 aromatic carbocycles. The Hall–Kier alpha value is -7.74. The molecule has 0 N–H and O–H groups in total. The van der Waals surface area contributed by atoms with Gasteiger partial charge in [-0.2, -0.15) is 0 Å². The van der Waals surface area contributed by atoms with Crippen LogP contribution in [0.4, 0.5) is 0 Å². The molecule has 0 bridgehead atoms. The number of para-hydroxylation sites is 1. The van der Waals surface area contributed by atoms with Gasteiger partial charge in [-0.1, -0.05) is 194 Å². The van der Waals surface area contributed by atoms with Crippen molar-refractivity contribution in [3.63, 3.8) is 0 Å². The van der Waals surface area contributed by atoms with Crippen LogP contribution < -0.4 is 0 Å². The molecular weight excluding hydrogens is 723 g/mol. The summed E-state index contributed by atoms with van der Waals surface area (Å²) in [4.78, 5) is 0. The van der Waals surface area contributed by atoms with Crippen molar-refractivity contribution in [1.82, 2.24) is 4.57 Å². The predicted octanol–water partition coefficient (Wildman–Crippen LogP) is 15.4. The van der Waals surface area contributed by atoms with Gasteiger partial charge in [0.25, 0.3) is 0 Å². The summed E-state index contributed by atoms with van der Waals surface area (Å²) in [5, 5.41) is 10.3. The number of nitrogens with zero attached hydrogens (tertiary/aromatic N) is 1. The second-order valence-electron chi connectivity index (χ2n) is 16.4. The third-order valence-electron chi connectivity index (χ3n) is 13.4. The van der Waals surface area contributed by atoms with Gasteiger partial charge in [0, 0.05) is 16.5 Å². The molecule has 0 aliphatic heterocycles. The van der Waals surface area contributed by atoms with Crippen molar-refractivity contribution in [2.45, 2.75) is 5.41 Å². The first kappa shape index (κ1) is 33.3. The molecule has 1 aliphatic rings. The van der Waals surface area contributed by atoms with Crippen LogP contribution in [0.15, 0.2) is 224 Å². The highest BCUT2D eigenvalue weighted by molar-refractivity contribution is 6.27. The zero-order chi connectivity index (χ0) is 39.4. The number of aromatic nitrogens is 1. The maximum Gasteiger partial charge on any atom is 0.0713 e. The second-order valence-corrected chi connectivity index (χ2v) is 16.4. The summed E-state index contributed by atoms with van der Waals surface area (Å²) in [7, 11) is 0. The van der Waals surface area contributed by atoms with E-state index in [0.717, 1.165) is 5.69 Å². The average Bonchev–Trinajstić information content (AvgIpc) is 3.80. The highest BCUT2D eigenvalue weighted by Crippen LogP contribution is 2.57. The molecule has 0 unspecified atom stereocenters. The van der Waals surface area contributed by atoms with Crippen LogP contribution in [0.3, 0.4) is 0 Å². The van der Waals surface area contributed by atoms with Crippen LogP contribution in [-0.2, 0) is 5.41 Å². The first-order chi connectivity index (χ1) is 29.8. The summed E-state index contributed by atoms with van der Waals surface area (Å²) < 4.78 is 2.47. The van der Waals surface area contributed by atoms with Gasteiger partial charge in [-0.15, -0.1) is 0 Å². The standard InChI is InChI=1S/C59H37N/c1-4-14-38(15-5-1)45-32-26-40-29-35-50-46(33-27-41-28-34-49(45)57(40)58(41)50)39-24-30-44(31-25-39)60-55-23-13-11-21-48(55)52-36-54-51(37-56(52)60)47-20-10-12-22-53(47)59(54,42-16-6-2-7-17-42)43-18-8-3-9-19-43/h1-37H. The zero-order valence-electron chi connectivity index (χ0n) is 32.8. The van der Waals surface area contributed by atoms with Crippen molar-refractivity contribution in [3.8, 4) is 39.1 Å². The van der Waals surface area contributed by atoms with Crippen molar-refractivity contribution in [2.75, 3.05) is 0 Å². The Labute approximate surface area is 348 Å². The molecule has 12 aromatic rings.